The first-order valence-corrected chi connectivity index (χ1v) is 12.3. The van der Waals surface area contributed by atoms with Crippen LogP contribution in [0.2, 0.25) is 10.0 Å². The number of sulfonamides is 1. The maximum atomic E-state index is 13.5. The van der Waals surface area contributed by atoms with Crippen LogP contribution < -0.4 is 0 Å². The summed E-state index contributed by atoms with van der Waals surface area (Å²) in [6.45, 7) is -0.988. The van der Waals surface area contributed by atoms with Gasteiger partial charge < -0.3 is 10.2 Å². The van der Waals surface area contributed by atoms with Crippen molar-refractivity contribution in [2.45, 2.75) is 22.8 Å². The van der Waals surface area contributed by atoms with Gasteiger partial charge in [-0.2, -0.15) is 4.31 Å². The van der Waals surface area contributed by atoms with Crippen molar-refractivity contribution >= 4 is 45.2 Å². The number of carboxylic acids is 2. The summed E-state index contributed by atoms with van der Waals surface area (Å²) in [5, 5.41) is 20.5. The topological polar surface area (TPSA) is 112 Å². The van der Waals surface area contributed by atoms with Crippen LogP contribution in [0.1, 0.15) is 17.9 Å². The van der Waals surface area contributed by atoms with Gasteiger partial charge in [-0.1, -0.05) is 59.6 Å². The molecule has 0 radical (unpaired) electrons. The van der Waals surface area contributed by atoms with E-state index in [0.29, 0.717) is 19.9 Å². The molecule has 2 unspecified atom stereocenters. The molecule has 176 valence electrons. The van der Waals surface area contributed by atoms with E-state index < -0.39 is 40.0 Å². The molecule has 0 aliphatic heterocycles. The summed E-state index contributed by atoms with van der Waals surface area (Å²) >= 11 is 11.8. The zero-order chi connectivity index (χ0) is 24.7. The Hall–Kier alpha value is -2.91. The fourth-order valence-corrected chi connectivity index (χ4v) is 6.09. The number of nitrogens with zero attached hydrogens (tertiary/aromatic N) is 1. The maximum Gasteiger partial charge on any atom is 0.325 e. The van der Waals surface area contributed by atoms with Crippen LogP contribution in [0.15, 0.2) is 77.7 Å². The molecule has 0 aromatic heterocycles. The Morgan fingerprint density at radius 2 is 1.32 bits per heavy atom. The van der Waals surface area contributed by atoms with Gasteiger partial charge in [-0.05, 0) is 59.5 Å². The predicted octanol–water partition coefficient (Wildman–Crippen LogP) is 4.75. The van der Waals surface area contributed by atoms with Crippen molar-refractivity contribution < 1.29 is 28.2 Å². The SMILES string of the molecule is O=C(O)CN(C1(C(=O)O)CC1c1ccc(Cl)cc1)S(=O)(=O)c1ccc(-c2ccc(Cl)cc2)cc1. The second-order valence-electron chi connectivity index (χ2n) is 7.97. The molecule has 4 rings (SSSR count). The molecule has 2 atom stereocenters. The third-order valence-electron chi connectivity index (χ3n) is 5.92. The molecule has 1 aliphatic carbocycles. The van der Waals surface area contributed by atoms with Crippen molar-refractivity contribution in [3.05, 3.63) is 88.4 Å². The van der Waals surface area contributed by atoms with Gasteiger partial charge in [0.1, 0.15) is 12.1 Å². The molecular weight excluding hydrogens is 501 g/mol. The molecular formula is C24H19Cl2NO6S. The normalized spacial score (nSPS) is 19.7. The standard InChI is InChI=1S/C24H19Cl2NO6S/c25-18-7-1-15(2-8-18)16-5-11-20(12-6-16)34(32,33)27(14-22(28)29)24(23(30)31)13-21(24)17-3-9-19(26)10-4-17/h1-12,21H,13-14H2,(H,28,29)(H,30,31). The van der Waals surface area contributed by atoms with Crippen LogP contribution in [-0.4, -0.2) is 47.0 Å². The highest BCUT2D eigenvalue weighted by Gasteiger charge is 2.68. The van der Waals surface area contributed by atoms with E-state index in [2.05, 4.69) is 0 Å². The van der Waals surface area contributed by atoms with Crippen molar-refractivity contribution in [2.75, 3.05) is 6.54 Å². The smallest absolute Gasteiger partial charge is 0.325 e. The molecule has 34 heavy (non-hydrogen) atoms. The van der Waals surface area contributed by atoms with Gasteiger partial charge in [0.05, 0.1) is 4.90 Å². The van der Waals surface area contributed by atoms with Gasteiger partial charge in [0.25, 0.3) is 0 Å². The van der Waals surface area contributed by atoms with Crippen LogP contribution in [-0.2, 0) is 19.6 Å². The van der Waals surface area contributed by atoms with Crippen molar-refractivity contribution in [1.82, 2.24) is 4.31 Å². The van der Waals surface area contributed by atoms with Gasteiger partial charge in [-0.3, -0.25) is 9.59 Å². The molecule has 10 heteroatoms. The zero-order valence-electron chi connectivity index (χ0n) is 17.6. The number of benzene rings is 3. The van der Waals surface area contributed by atoms with E-state index >= 15 is 0 Å². The molecule has 1 saturated carbocycles. The van der Waals surface area contributed by atoms with Gasteiger partial charge in [0.15, 0.2) is 0 Å². The molecule has 1 aliphatic rings. The summed E-state index contributed by atoms with van der Waals surface area (Å²) in [5.74, 6) is -3.58. The number of hydrogen-bond acceptors (Lipinski definition) is 4. The lowest BCUT2D eigenvalue weighted by Crippen LogP contribution is -2.50. The summed E-state index contributed by atoms with van der Waals surface area (Å²) in [6.07, 6.45) is -0.0562. The van der Waals surface area contributed by atoms with Gasteiger partial charge >= 0.3 is 11.9 Å². The number of hydrogen-bond donors (Lipinski definition) is 2. The maximum absolute atomic E-state index is 13.5. The predicted molar refractivity (Wildman–Crippen MR) is 128 cm³/mol. The largest absolute Gasteiger partial charge is 0.480 e. The number of halogens is 2. The second kappa shape index (κ2) is 9.03. The molecule has 0 bridgehead atoms. The molecule has 0 heterocycles. The van der Waals surface area contributed by atoms with Gasteiger partial charge in [-0.15, -0.1) is 0 Å². The monoisotopic (exact) mass is 519 g/mol. The van der Waals surface area contributed by atoms with Crippen LogP contribution >= 0.6 is 23.2 Å². The highest BCUT2D eigenvalue weighted by molar-refractivity contribution is 7.89. The fourth-order valence-electron chi connectivity index (χ4n) is 4.11. The van der Waals surface area contributed by atoms with Crippen molar-refractivity contribution in [2.24, 2.45) is 0 Å². The Morgan fingerprint density at radius 3 is 1.79 bits per heavy atom. The van der Waals surface area contributed by atoms with Crippen LogP contribution in [0.25, 0.3) is 11.1 Å². The van der Waals surface area contributed by atoms with E-state index in [1.165, 1.54) is 12.1 Å². The first-order valence-electron chi connectivity index (χ1n) is 10.2. The Kier molecular flexibility index (Phi) is 6.44. The summed E-state index contributed by atoms with van der Waals surface area (Å²) in [6, 6.07) is 19.2. The van der Waals surface area contributed by atoms with Gasteiger partial charge in [0.2, 0.25) is 10.0 Å². The van der Waals surface area contributed by atoms with E-state index in [1.807, 2.05) is 0 Å². The van der Waals surface area contributed by atoms with Crippen LogP contribution in [0.4, 0.5) is 0 Å². The summed E-state index contributed by atoms with van der Waals surface area (Å²) in [5.41, 5.74) is 0.178. The average Bonchev–Trinajstić information content (AvgIpc) is 3.55. The Balaban J connectivity index is 1.72. The van der Waals surface area contributed by atoms with Gasteiger partial charge in [0, 0.05) is 16.0 Å². The number of carboxylic acid groups (broad SMARTS) is 2. The van der Waals surface area contributed by atoms with E-state index in [-0.39, 0.29) is 11.3 Å². The van der Waals surface area contributed by atoms with Gasteiger partial charge in [-0.25, -0.2) is 8.42 Å². The minimum atomic E-state index is -4.47. The Morgan fingerprint density at radius 1 is 0.853 bits per heavy atom. The molecule has 3 aromatic rings. The quantitative estimate of drug-likeness (QED) is 0.444. The molecule has 0 amide bonds. The van der Waals surface area contributed by atoms with Crippen LogP contribution in [0, 0.1) is 0 Å². The van der Waals surface area contributed by atoms with Crippen LogP contribution in [0.3, 0.4) is 0 Å². The first kappa shape index (κ1) is 24.2. The highest BCUT2D eigenvalue weighted by atomic mass is 35.5. The van der Waals surface area contributed by atoms with Crippen molar-refractivity contribution in [3.63, 3.8) is 0 Å². The highest BCUT2D eigenvalue weighted by Crippen LogP contribution is 2.57. The molecule has 7 nitrogen and oxygen atoms in total. The number of aliphatic carboxylic acids is 2. The summed E-state index contributed by atoms with van der Waals surface area (Å²) in [7, 11) is -4.47. The minimum Gasteiger partial charge on any atom is -0.480 e. The van der Waals surface area contributed by atoms with Crippen molar-refractivity contribution in [1.29, 1.82) is 0 Å². The minimum absolute atomic E-state index is 0.0562. The fraction of sp³-hybridized carbons (Fsp3) is 0.167. The zero-order valence-corrected chi connectivity index (χ0v) is 19.9. The number of carbonyl (C=O) groups is 2. The number of rotatable bonds is 8. The summed E-state index contributed by atoms with van der Waals surface area (Å²) < 4.78 is 27.7. The Bertz CT molecular complexity index is 1340. The molecule has 1 fully saturated rings. The third-order valence-corrected chi connectivity index (χ3v) is 8.33. The average molecular weight is 520 g/mol. The lowest BCUT2D eigenvalue weighted by atomic mass is 10.1. The molecule has 2 N–H and O–H groups in total. The molecule has 0 saturated heterocycles. The molecule has 0 spiro atoms. The van der Waals surface area contributed by atoms with E-state index in [9.17, 15) is 28.2 Å². The summed E-state index contributed by atoms with van der Waals surface area (Å²) in [4.78, 5) is 23.8. The van der Waals surface area contributed by atoms with E-state index in [0.717, 1.165) is 11.1 Å². The first-order chi connectivity index (χ1) is 16.1. The molecule has 3 aromatic carbocycles. The van der Waals surface area contributed by atoms with E-state index in [1.54, 1.807) is 60.7 Å². The Labute approximate surface area is 206 Å². The second-order valence-corrected chi connectivity index (χ2v) is 10.7. The lowest BCUT2D eigenvalue weighted by molar-refractivity contribution is -0.145. The third kappa shape index (κ3) is 4.42. The lowest BCUT2D eigenvalue weighted by Gasteiger charge is -2.28. The van der Waals surface area contributed by atoms with Crippen molar-refractivity contribution in [3.8, 4) is 11.1 Å². The van der Waals surface area contributed by atoms with E-state index in [4.69, 9.17) is 23.2 Å². The van der Waals surface area contributed by atoms with Crippen LogP contribution in [0.5, 0.6) is 0 Å².